The molecule has 1 amide bonds. The number of carboxylic acids is 1. The smallest absolute Gasteiger partial charge is 0.416 e. The van der Waals surface area contributed by atoms with E-state index in [2.05, 4.69) is 0 Å². The van der Waals surface area contributed by atoms with Gasteiger partial charge >= 0.3 is 12.1 Å². The van der Waals surface area contributed by atoms with Gasteiger partial charge in [0.25, 0.3) is 0 Å². The molecule has 0 bridgehead atoms. The second kappa shape index (κ2) is 4.42. The molecule has 8 heteroatoms. The number of aliphatic carboxylic acids is 1. The van der Waals surface area contributed by atoms with Gasteiger partial charge in [0.15, 0.2) is 6.10 Å². The van der Waals surface area contributed by atoms with Crippen LogP contribution < -0.4 is 5.32 Å². The van der Waals surface area contributed by atoms with Gasteiger partial charge in [-0.3, -0.25) is 9.59 Å². The number of hydrogen-bond acceptors (Lipinski definition) is 3. The van der Waals surface area contributed by atoms with Crippen LogP contribution >= 0.6 is 0 Å². The molecule has 18 heavy (non-hydrogen) atoms. The molecule has 0 radical (unpaired) electrons. The molecule has 104 valence electrons. The minimum Gasteiger partial charge on any atom is -0.481 e. The Balaban J connectivity index is 2.52. The van der Waals surface area contributed by atoms with Crippen molar-refractivity contribution in [1.29, 1.82) is 0 Å². The largest absolute Gasteiger partial charge is 0.481 e. The molecule has 0 saturated heterocycles. The fourth-order valence-corrected chi connectivity index (χ4v) is 2.01. The Labute approximate surface area is 101 Å². The zero-order chi connectivity index (χ0) is 14.3. The van der Waals surface area contributed by atoms with Gasteiger partial charge in [-0.25, -0.2) is 0 Å². The summed E-state index contributed by atoms with van der Waals surface area (Å²) in [6.07, 6.45) is -7.45. The van der Waals surface area contributed by atoms with Crippen molar-refractivity contribution in [2.24, 2.45) is 17.3 Å². The van der Waals surface area contributed by atoms with E-state index in [9.17, 15) is 22.8 Å². The van der Waals surface area contributed by atoms with Crippen LogP contribution in [0.25, 0.3) is 0 Å². The summed E-state index contributed by atoms with van der Waals surface area (Å²) >= 11 is 0. The van der Waals surface area contributed by atoms with Gasteiger partial charge in [-0.05, 0) is 5.41 Å². The molecule has 3 atom stereocenters. The predicted molar refractivity (Wildman–Crippen MR) is 53.5 cm³/mol. The Bertz CT molecular complexity index is 367. The summed E-state index contributed by atoms with van der Waals surface area (Å²) < 4.78 is 35.9. The summed E-state index contributed by atoms with van der Waals surface area (Å²) in [4.78, 5) is 22.3. The molecule has 1 unspecified atom stereocenters. The monoisotopic (exact) mass is 269 g/mol. The van der Waals surface area contributed by atoms with Gasteiger partial charge in [-0.2, -0.15) is 13.2 Å². The third kappa shape index (κ3) is 2.74. The van der Waals surface area contributed by atoms with Crippen LogP contribution in [0.5, 0.6) is 0 Å². The number of amides is 1. The van der Waals surface area contributed by atoms with Crippen LogP contribution in [0.2, 0.25) is 0 Å². The highest BCUT2D eigenvalue weighted by Gasteiger charge is 2.65. The lowest BCUT2D eigenvalue weighted by molar-refractivity contribution is -0.201. The van der Waals surface area contributed by atoms with Crippen molar-refractivity contribution in [2.45, 2.75) is 26.1 Å². The fourth-order valence-electron chi connectivity index (χ4n) is 2.01. The number of halogens is 3. The summed E-state index contributed by atoms with van der Waals surface area (Å²) in [6.45, 7) is 2.13. The zero-order valence-electron chi connectivity index (χ0n) is 9.78. The van der Waals surface area contributed by atoms with Crippen molar-refractivity contribution >= 4 is 11.9 Å². The van der Waals surface area contributed by atoms with Crippen LogP contribution in [-0.4, -0.2) is 40.9 Å². The van der Waals surface area contributed by atoms with E-state index in [0.29, 0.717) is 0 Å². The summed E-state index contributed by atoms with van der Waals surface area (Å²) in [5, 5.41) is 19.4. The lowest BCUT2D eigenvalue weighted by Crippen LogP contribution is -2.41. The molecule has 1 rings (SSSR count). The Morgan fingerprint density at radius 3 is 2.17 bits per heavy atom. The number of alkyl halides is 3. The van der Waals surface area contributed by atoms with E-state index in [1.54, 1.807) is 13.8 Å². The van der Waals surface area contributed by atoms with Crippen molar-refractivity contribution < 1.29 is 33.0 Å². The third-order valence-corrected chi connectivity index (χ3v) is 3.22. The molecule has 1 saturated carbocycles. The van der Waals surface area contributed by atoms with Crippen LogP contribution in [0.3, 0.4) is 0 Å². The second-order valence-electron chi connectivity index (χ2n) is 4.92. The average molecular weight is 269 g/mol. The van der Waals surface area contributed by atoms with Gasteiger partial charge in [-0.1, -0.05) is 13.8 Å². The average Bonchev–Trinajstić information content (AvgIpc) is 2.76. The maximum atomic E-state index is 12.0. The van der Waals surface area contributed by atoms with Crippen LogP contribution in [-0.2, 0) is 9.59 Å². The first-order valence-corrected chi connectivity index (χ1v) is 5.25. The van der Waals surface area contributed by atoms with E-state index >= 15 is 0 Å². The Hall–Kier alpha value is -1.31. The minimum atomic E-state index is -4.81. The third-order valence-electron chi connectivity index (χ3n) is 3.22. The zero-order valence-corrected chi connectivity index (χ0v) is 9.78. The second-order valence-corrected chi connectivity index (χ2v) is 4.92. The standard InChI is InChI=1S/C10H14F3NO4/c1-9(2)5(6(9)8(17)18)7(16)14-3-4(15)10(11,12)13/h4-6,15H,3H2,1-2H3,(H,14,16)(H,17,18)/t4?,5-,6+/m1/s1. The molecule has 1 aliphatic carbocycles. The highest BCUT2D eigenvalue weighted by atomic mass is 19.4. The molecule has 0 aromatic rings. The summed E-state index contributed by atoms with van der Waals surface area (Å²) in [6, 6.07) is 0. The summed E-state index contributed by atoms with van der Waals surface area (Å²) in [7, 11) is 0. The van der Waals surface area contributed by atoms with Crippen molar-refractivity contribution in [3.8, 4) is 0 Å². The van der Waals surface area contributed by atoms with Crippen molar-refractivity contribution in [2.75, 3.05) is 6.54 Å². The van der Waals surface area contributed by atoms with E-state index in [-0.39, 0.29) is 0 Å². The molecular formula is C10H14F3NO4. The van der Waals surface area contributed by atoms with E-state index in [4.69, 9.17) is 10.2 Å². The van der Waals surface area contributed by atoms with Crippen molar-refractivity contribution in [3.63, 3.8) is 0 Å². The highest BCUT2D eigenvalue weighted by Crippen LogP contribution is 2.58. The number of nitrogens with one attached hydrogen (secondary N) is 1. The van der Waals surface area contributed by atoms with Gasteiger partial charge in [-0.15, -0.1) is 0 Å². The number of carbonyl (C=O) groups excluding carboxylic acids is 1. The number of aliphatic hydroxyl groups is 1. The quantitative estimate of drug-likeness (QED) is 0.688. The van der Waals surface area contributed by atoms with E-state index < -0.39 is 48.0 Å². The van der Waals surface area contributed by atoms with Crippen LogP contribution in [0.4, 0.5) is 13.2 Å². The first-order chi connectivity index (χ1) is 7.99. The van der Waals surface area contributed by atoms with Gasteiger partial charge in [0.2, 0.25) is 5.91 Å². The van der Waals surface area contributed by atoms with Gasteiger partial charge in [0.1, 0.15) is 0 Å². The first kappa shape index (κ1) is 14.7. The Morgan fingerprint density at radius 2 is 1.83 bits per heavy atom. The van der Waals surface area contributed by atoms with Crippen LogP contribution in [0.1, 0.15) is 13.8 Å². The highest BCUT2D eigenvalue weighted by molar-refractivity contribution is 5.91. The number of aliphatic hydroxyl groups excluding tert-OH is 1. The molecule has 0 aromatic carbocycles. The maximum Gasteiger partial charge on any atom is 0.416 e. The number of rotatable bonds is 4. The minimum absolute atomic E-state index is 0.779. The van der Waals surface area contributed by atoms with Crippen molar-refractivity contribution in [3.05, 3.63) is 0 Å². The molecule has 3 N–H and O–H groups in total. The lowest BCUT2D eigenvalue weighted by atomic mass is 10.1. The fraction of sp³-hybridized carbons (Fsp3) is 0.800. The topological polar surface area (TPSA) is 86.6 Å². The molecule has 0 aliphatic heterocycles. The molecular weight excluding hydrogens is 255 g/mol. The van der Waals surface area contributed by atoms with E-state index in [1.165, 1.54) is 0 Å². The van der Waals surface area contributed by atoms with Gasteiger partial charge in [0, 0.05) is 0 Å². The number of hydrogen-bond donors (Lipinski definition) is 3. The van der Waals surface area contributed by atoms with E-state index in [1.807, 2.05) is 5.32 Å². The van der Waals surface area contributed by atoms with Gasteiger partial charge in [0.05, 0.1) is 18.4 Å². The first-order valence-electron chi connectivity index (χ1n) is 5.25. The molecule has 5 nitrogen and oxygen atoms in total. The number of carboxylic acid groups (broad SMARTS) is 1. The van der Waals surface area contributed by atoms with E-state index in [0.717, 1.165) is 0 Å². The molecule has 0 spiro atoms. The van der Waals surface area contributed by atoms with Crippen LogP contribution in [0, 0.1) is 17.3 Å². The van der Waals surface area contributed by atoms with Crippen molar-refractivity contribution in [1.82, 2.24) is 5.32 Å². The Kier molecular flexibility index (Phi) is 3.62. The SMILES string of the molecule is CC1(C)[C@H](C(=O)O)[C@@H]1C(=O)NCC(O)C(F)(F)F. The maximum absolute atomic E-state index is 12.0. The Morgan fingerprint density at radius 1 is 1.33 bits per heavy atom. The molecule has 0 heterocycles. The molecule has 0 aromatic heterocycles. The lowest BCUT2D eigenvalue weighted by Gasteiger charge is -2.15. The summed E-state index contributed by atoms with van der Waals surface area (Å²) in [5.41, 5.74) is -0.779. The summed E-state index contributed by atoms with van der Waals surface area (Å²) in [5.74, 6) is -3.71. The van der Waals surface area contributed by atoms with Gasteiger partial charge < -0.3 is 15.5 Å². The predicted octanol–water partition coefficient (Wildman–Crippen LogP) is 0.383. The molecule has 1 aliphatic rings. The molecule has 1 fully saturated rings. The normalized spacial score (nSPS) is 27.4. The number of carbonyl (C=O) groups is 2. The van der Waals surface area contributed by atoms with Crippen LogP contribution in [0.15, 0.2) is 0 Å².